The van der Waals surface area contributed by atoms with Crippen LogP contribution in [0.15, 0.2) is 26.0 Å². The van der Waals surface area contributed by atoms with E-state index >= 15 is 0 Å². The standard InChI is InChI=1S/C11H7Br2NO2S2/c1-14-10(16)8(18-11(14)17)3-5-2-6(12)4-7(13)9(5)15/h2-4,15H,1H3/b8-3+. The molecule has 1 aliphatic rings. The molecule has 1 amide bonds. The number of aromatic hydroxyl groups is 1. The third-order valence-corrected chi connectivity index (χ3v) is 4.88. The van der Waals surface area contributed by atoms with Crippen LogP contribution < -0.4 is 0 Å². The van der Waals surface area contributed by atoms with Crippen molar-refractivity contribution in [2.45, 2.75) is 0 Å². The molecule has 2 rings (SSSR count). The van der Waals surface area contributed by atoms with Gasteiger partial charge >= 0.3 is 0 Å². The molecule has 18 heavy (non-hydrogen) atoms. The van der Waals surface area contributed by atoms with Crippen LogP contribution in [0.1, 0.15) is 5.56 Å². The highest BCUT2D eigenvalue weighted by Crippen LogP contribution is 2.37. The molecule has 94 valence electrons. The Hall–Kier alpha value is -0.370. The topological polar surface area (TPSA) is 40.5 Å². The third-order valence-electron chi connectivity index (χ3n) is 2.33. The van der Waals surface area contributed by atoms with Crippen molar-refractivity contribution in [2.75, 3.05) is 7.05 Å². The lowest BCUT2D eigenvalue weighted by Gasteiger charge is -2.05. The predicted molar refractivity (Wildman–Crippen MR) is 84.4 cm³/mol. The van der Waals surface area contributed by atoms with E-state index in [0.29, 0.717) is 19.3 Å². The lowest BCUT2D eigenvalue weighted by Crippen LogP contribution is -2.22. The molecule has 0 atom stereocenters. The third kappa shape index (κ3) is 2.64. The number of amides is 1. The number of carbonyl (C=O) groups is 1. The number of phenols is 1. The molecular formula is C11H7Br2NO2S2. The van der Waals surface area contributed by atoms with Crippen LogP contribution >= 0.6 is 55.8 Å². The molecule has 0 aliphatic carbocycles. The minimum atomic E-state index is -0.152. The number of halogens is 2. The second kappa shape index (κ2) is 5.32. The monoisotopic (exact) mass is 407 g/mol. The first-order valence-electron chi connectivity index (χ1n) is 4.79. The van der Waals surface area contributed by atoms with E-state index in [1.54, 1.807) is 25.3 Å². The van der Waals surface area contributed by atoms with Crippen molar-refractivity contribution < 1.29 is 9.90 Å². The second-order valence-corrected chi connectivity index (χ2v) is 7.01. The first kappa shape index (κ1) is 14.0. The summed E-state index contributed by atoms with van der Waals surface area (Å²) in [7, 11) is 1.63. The van der Waals surface area contributed by atoms with Crippen LogP contribution in [0, 0.1) is 0 Å². The smallest absolute Gasteiger partial charge is 0.265 e. The number of benzene rings is 1. The molecule has 1 aliphatic heterocycles. The molecule has 0 aromatic heterocycles. The first-order chi connectivity index (χ1) is 8.40. The fourth-order valence-electron chi connectivity index (χ4n) is 1.38. The molecule has 0 saturated carbocycles. The van der Waals surface area contributed by atoms with Crippen LogP contribution in [-0.2, 0) is 4.79 Å². The highest BCUT2D eigenvalue weighted by atomic mass is 79.9. The molecule has 1 N–H and O–H groups in total. The maximum atomic E-state index is 11.8. The molecule has 0 radical (unpaired) electrons. The Balaban J connectivity index is 2.46. The summed E-state index contributed by atoms with van der Waals surface area (Å²) in [5, 5.41) is 9.92. The number of carbonyl (C=O) groups excluding carboxylic acids is 1. The number of phenolic OH excluding ortho intramolecular Hbond substituents is 1. The van der Waals surface area contributed by atoms with Crippen LogP contribution in [0.3, 0.4) is 0 Å². The van der Waals surface area contributed by atoms with Gasteiger partial charge in [0.25, 0.3) is 5.91 Å². The van der Waals surface area contributed by atoms with E-state index in [1.807, 2.05) is 0 Å². The highest BCUT2D eigenvalue weighted by Gasteiger charge is 2.29. The number of rotatable bonds is 1. The zero-order chi connectivity index (χ0) is 13.4. The Kier molecular flexibility index (Phi) is 4.15. The molecule has 3 nitrogen and oxygen atoms in total. The summed E-state index contributed by atoms with van der Waals surface area (Å²) in [5.74, 6) is -0.0555. The van der Waals surface area contributed by atoms with Gasteiger partial charge in [-0.25, -0.2) is 0 Å². The number of likely N-dealkylation sites (N-methyl/N-ethyl adjacent to an activating group) is 1. The zero-order valence-electron chi connectivity index (χ0n) is 9.11. The summed E-state index contributed by atoms with van der Waals surface area (Å²) >= 11 is 12.9. The van der Waals surface area contributed by atoms with Gasteiger partial charge in [0.15, 0.2) is 0 Å². The summed E-state index contributed by atoms with van der Waals surface area (Å²) in [5.41, 5.74) is 0.560. The van der Waals surface area contributed by atoms with Gasteiger partial charge in [-0.3, -0.25) is 9.69 Å². The molecule has 0 unspecified atom stereocenters. The fourth-order valence-corrected chi connectivity index (χ4v) is 3.81. The van der Waals surface area contributed by atoms with E-state index in [1.165, 1.54) is 16.7 Å². The molecule has 1 fully saturated rings. The van der Waals surface area contributed by atoms with Crippen LogP contribution in [0.2, 0.25) is 0 Å². The van der Waals surface area contributed by atoms with Gasteiger partial charge < -0.3 is 5.11 Å². The average Bonchev–Trinajstić information content (AvgIpc) is 2.53. The van der Waals surface area contributed by atoms with Crippen molar-refractivity contribution in [3.63, 3.8) is 0 Å². The van der Waals surface area contributed by atoms with E-state index in [2.05, 4.69) is 31.9 Å². The minimum Gasteiger partial charge on any atom is -0.506 e. The van der Waals surface area contributed by atoms with Crippen LogP contribution in [0.5, 0.6) is 5.75 Å². The Morgan fingerprint density at radius 1 is 1.44 bits per heavy atom. The van der Waals surface area contributed by atoms with E-state index < -0.39 is 0 Å². The van der Waals surface area contributed by atoms with Crippen molar-refractivity contribution in [1.82, 2.24) is 4.90 Å². The zero-order valence-corrected chi connectivity index (χ0v) is 13.9. The van der Waals surface area contributed by atoms with Crippen LogP contribution in [0.25, 0.3) is 6.08 Å². The van der Waals surface area contributed by atoms with Crippen molar-refractivity contribution >= 4 is 72.1 Å². The van der Waals surface area contributed by atoms with Gasteiger partial charge in [0.1, 0.15) is 10.1 Å². The molecule has 7 heteroatoms. The normalized spacial score (nSPS) is 17.9. The Labute approximate surface area is 130 Å². The average molecular weight is 409 g/mol. The molecule has 1 aromatic rings. The van der Waals surface area contributed by atoms with E-state index in [4.69, 9.17) is 12.2 Å². The van der Waals surface area contributed by atoms with Crippen LogP contribution in [-0.4, -0.2) is 27.3 Å². The van der Waals surface area contributed by atoms with E-state index in [9.17, 15) is 9.90 Å². The molecule has 1 aromatic carbocycles. The van der Waals surface area contributed by atoms with Crippen molar-refractivity contribution in [2.24, 2.45) is 0 Å². The van der Waals surface area contributed by atoms with Crippen LogP contribution in [0.4, 0.5) is 0 Å². The molecule has 1 heterocycles. The lowest BCUT2D eigenvalue weighted by atomic mass is 10.2. The van der Waals surface area contributed by atoms with Gasteiger partial charge in [-0.1, -0.05) is 39.9 Å². The maximum Gasteiger partial charge on any atom is 0.265 e. The largest absolute Gasteiger partial charge is 0.506 e. The lowest BCUT2D eigenvalue weighted by molar-refractivity contribution is -0.121. The second-order valence-electron chi connectivity index (χ2n) is 3.57. The summed E-state index contributed by atoms with van der Waals surface area (Å²) in [6.07, 6.45) is 1.63. The Morgan fingerprint density at radius 3 is 2.67 bits per heavy atom. The Morgan fingerprint density at radius 2 is 2.11 bits per heavy atom. The SMILES string of the molecule is CN1C(=O)/C(=C\c2cc(Br)cc(Br)c2O)SC1=S. The Bertz CT molecular complexity index is 587. The minimum absolute atomic E-state index is 0.0968. The summed E-state index contributed by atoms with van der Waals surface area (Å²) in [6, 6.07) is 3.47. The first-order valence-corrected chi connectivity index (χ1v) is 7.61. The number of hydrogen-bond acceptors (Lipinski definition) is 4. The predicted octanol–water partition coefficient (Wildman–Crippen LogP) is 3.75. The van der Waals surface area contributed by atoms with Gasteiger partial charge in [0, 0.05) is 17.1 Å². The molecule has 0 spiro atoms. The van der Waals surface area contributed by atoms with Gasteiger partial charge in [-0.2, -0.15) is 0 Å². The number of thiocarbonyl (C=S) groups is 1. The van der Waals surface area contributed by atoms with E-state index in [-0.39, 0.29) is 11.7 Å². The van der Waals surface area contributed by atoms with Gasteiger partial charge in [0.2, 0.25) is 0 Å². The van der Waals surface area contributed by atoms with Gasteiger partial charge in [-0.15, -0.1) is 0 Å². The maximum absolute atomic E-state index is 11.8. The molecule has 1 saturated heterocycles. The summed E-state index contributed by atoms with van der Waals surface area (Å²) in [4.78, 5) is 13.8. The van der Waals surface area contributed by atoms with E-state index in [0.717, 1.165) is 4.47 Å². The number of thioether (sulfide) groups is 1. The summed E-state index contributed by atoms with van der Waals surface area (Å²) in [6.45, 7) is 0. The van der Waals surface area contributed by atoms with Crippen molar-refractivity contribution in [3.05, 3.63) is 31.5 Å². The summed E-state index contributed by atoms with van der Waals surface area (Å²) < 4.78 is 1.89. The van der Waals surface area contributed by atoms with Gasteiger partial charge in [0.05, 0.1) is 9.38 Å². The number of nitrogens with zero attached hydrogens (tertiary/aromatic N) is 1. The number of hydrogen-bond donors (Lipinski definition) is 1. The quantitative estimate of drug-likeness (QED) is 0.567. The highest BCUT2D eigenvalue weighted by molar-refractivity contribution is 9.11. The van der Waals surface area contributed by atoms with Gasteiger partial charge in [-0.05, 0) is 34.1 Å². The van der Waals surface area contributed by atoms with Crippen molar-refractivity contribution in [3.8, 4) is 5.75 Å². The van der Waals surface area contributed by atoms with Crippen molar-refractivity contribution in [1.29, 1.82) is 0 Å². The molecular weight excluding hydrogens is 402 g/mol. The fraction of sp³-hybridized carbons (Fsp3) is 0.0909. The molecule has 0 bridgehead atoms.